The maximum atomic E-state index is 10.2. The highest BCUT2D eigenvalue weighted by molar-refractivity contribution is 7.98. The van der Waals surface area contributed by atoms with Crippen LogP contribution >= 0.6 is 11.8 Å². The SMILES string of the molecule is OC[C@@H]1O[C@H](n2cnc3c(SCc4ccccc4)ncnc32)[C@@H](O)[C@@H]1O. The zero-order valence-electron chi connectivity index (χ0n) is 13.7. The quantitative estimate of drug-likeness (QED) is 0.442. The minimum absolute atomic E-state index is 0.380. The third-order valence-corrected chi connectivity index (χ3v) is 5.38. The number of ether oxygens (including phenoxy) is 1. The number of hydrogen-bond acceptors (Lipinski definition) is 8. The first-order valence-corrected chi connectivity index (χ1v) is 9.14. The maximum Gasteiger partial charge on any atom is 0.166 e. The van der Waals surface area contributed by atoms with Crippen LogP contribution in [-0.4, -0.2) is 59.8 Å². The van der Waals surface area contributed by atoms with Gasteiger partial charge >= 0.3 is 0 Å². The number of aliphatic hydroxyl groups excluding tert-OH is 3. The highest BCUT2D eigenvalue weighted by Gasteiger charge is 2.44. The molecular weight excluding hydrogens is 356 g/mol. The zero-order chi connectivity index (χ0) is 18.1. The summed E-state index contributed by atoms with van der Waals surface area (Å²) < 4.78 is 7.13. The van der Waals surface area contributed by atoms with E-state index in [0.29, 0.717) is 11.2 Å². The maximum absolute atomic E-state index is 10.2. The average molecular weight is 374 g/mol. The first-order chi connectivity index (χ1) is 12.7. The van der Waals surface area contributed by atoms with Crippen LogP contribution in [-0.2, 0) is 10.5 Å². The van der Waals surface area contributed by atoms with Gasteiger partial charge in [-0.05, 0) is 5.56 Å². The summed E-state index contributed by atoms with van der Waals surface area (Å²) in [6, 6.07) is 10.0. The van der Waals surface area contributed by atoms with Gasteiger partial charge in [-0.3, -0.25) is 4.57 Å². The van der Waals surface area contributed by atoms with Gasteiger partial charge < -0.3 is 20.1 Å². The van der Waals surface area contributed by atoms with Gasteiger partial charge in [0.2, 0.25) is 0 Å². The molecule has 0 saturated carbocycles. The molecule has 0 aliphatic carbocycles. The van der Waals surface area contributed by atoms with Gasteiger partial charge in [-0.2, -0.15) is 0 Å². The average Bonchev–Trinajstić information content (AvgIpc) is 3.23. The van der Waals surface area contributed by atoms with E-state index in [1.165, 1.54) is 18.2 Å². The highest BCUT2D eigenvalue weighted by Crippen LogP contribution is 2.33. The largest absolute Gasteiger partial charge is 0.394 e. The number of imidazole rings is 1. The number of aromatic nitrogens is 4. The molecule has 1 fully saturated rings. The minimum atomic E-state index is -1.18. The Morgan fingerprint density at radius 1 is 1.08 bits per heavy atom. The van der Waals surface area contributed by atoms with Crippen molar-refractivity contribution >= 4 is 22.9 Å². The van der Waals surface area contributed by atoms with Crippen molar-refractivity contribution in [1.82, 2.24) is 19.5 Å². The molecule has 8 nitrogen and oxygen atoms in total. The van der Waals surface area contributed by atoms with Crippen molar-refractivity contribution in [3.05, 3.63) is 48.5 Å². The summed E-state index contributed by atoms with van der Waals surface area (Å²) >= 11 is 1.55. The van der Waals surface area contributed by atoms with Gasteiger partial charge in [-0.15, -0.1) is 0 Å². The Kier molecular flexibility index (Phi) is 4.88. The van der Waals surface area contributed by atoms with Crippen molar-refractivity contribution in [2.75, 3.05) is 6.61 Å². The molecule has 2 aromatic heterocycles. The van der Waals surface area contributed by atoms with Gasteiger partial charge in [-0.25, -0.2) is 15.0 Å². The van der Waals surface area contributed by atoms with Crippen LogP contribution in [0.3, 0.4) is 0 Å². The molecule has 0 unspecified atom stereocenters. The molecule has 0 spiro atoms. The van der Waals surface area contributed by atoms with E-state index >= 15 is 0 Å². The van der Waals surface area contributed by atoms with Gasteiger partial charge in [0.15, 0.2) is 11.9 Å². The fourth-order valence-electron chi connectivity index (χ4n) is 2.96. The first kappa shape index (κ1) is 17.4. The Labute approximate surface area is 153 Å². The number of nitrogens with zero attached hydrogens (tertiary/aromatic N) is 4. The smallest absolute Gasteiger partial charge is 0.166 e. The van der Waals surface area contributed by atoms with Crippen molar-refractivity contribution in [3.8, 4) is 0 Å². The molecule has 4 atom stereocenters. The molecule has 136 valence electrons. The summed E-state index contributed by atoms with van der Waals surface area (Å²) in [6.07, 6.45) is -1.12. The molecule has 0 amide bonds. The standard InChI is InChI=1S/C17H18N4O4S/c22-6-11-13(23)14(24)17(25-11)21-9-20-12-15(21)18-8-19-16(12)26-7-10-4-2-1-3-5-10/h1-5,8-9,11,13-14,17,22-24H,6-7H2/t11-,13+,14-,17-/m0/s1. The summed E-state index contributed by atoms with van der Waals surface area (Å²) in [5.74, 6) is 0.744. The number of benzene rings is 1. The topological polar surface area (TPSA) is 114 Å². The summed E-state index contributed by atoms with van der Waals surface area (Å²) in [4.78, 5) is 12.9. The minimum Gasteiger partial charge on any atom is -0.394 e. The van der Waals surface area contributed by atoms with Crippen LogP contribution in [0.4, 0.5) is 0 Å². The molecule has 1 aromatic carbocycles. The predicted octanol–water partition coefficient (Wildman–Crippen LogP) is 0.730. The molecule has 3 heterocycles. The zero-order valence-corrected chi connectivity index (χ0v) is 14.5. The lowest BCUT2D eigenvalue weighted by atomic mass is 10.1. The number of hydrogen-bond donors (Lipinski definition) is 3. The summed E-state index contributed by atoms with van der Waals surface area (Å²) in [7, 11) is 0. The summed E-state index contributed by atoms with van der Waals surface area (Å²) in [6.45, 7) is -0.380. The Hall–Kier alpha value is -2.04. The van der Waals surface area contributed by atoms with Gasteiger partial charge in [-0.1, -0.05) is 42.1 Å². The van der Waals surface area contributed by atoms with Crippen molar-refractivity contribution in [1.29, 1.82) is 0 Å². The molecule has 4 rings (SSSR count). The lowest BCUT2D eigenvalue weighted by molar-refractivity contribution is -0.0511. The van der Waals surface area contributed by atoms with E-state index < -0.39 is 24.5 Å². The monoisotopic (exact) mass is 374 g/mol. The molecule has 1 saturated heterocycles. The second-order valence-electron chi connectivity index (χ2n) is 6.01. The van der Waals surface area contributed by atoms with Crippen LogP contribution in [0, 0.1) is 0 Å². The van der Waals surface area contributed by atoms with Crippen molar-refractivity contribution in [2.24, 2.45) is 0 Å². The number of rotatable bonds is 5. The third kappa shape index (κ3) is 3.08. The van der Waals surface area contributed by atoms with E-state index in [-0.39, 0.29) is 6.61 Å². The molecule has 1 aliphatic heterocycles. The Balaban J connectivity index is 1.61. The second kappa shape index (κ2) is 7.29. The van der Waals surface area contributed by atoms with Crippen molar-refractivity contribution in [2.45, 2.75) is 35.3 Å². The fraction of sp³-hybridized carbons (Fsp3) is 0.353. The molecule has 26 heavy (non-hydrogen) atoms. The van der Waals surface area contributed by atoms with Gasteiger partial charge in [0, 0.05) is 5.75 Å². The molecule has 9 heteroatoms. The third-order valence-electron chi connectivity index (χ3n) is 4.33. The Morgan fingerprint density at radius 2 is 1.88 bits per heavy atom. The lowest BCUT2D eigenvalue weighted by Crippen LogP contribution is -2.33. The fourth-order valence-corrected chi connectivity index (χ4v) is 3.86. The molecular formula is C17H18N4O4S. The lowest BCUT2D eigenvalue weighted by Gasteiger charge is -2.16. The van der Waals surface area contributed by atoms with E-state index in [2.05, 4.69) is 15.0 Å². The van der Waals surface area contributed by atoms with Crippen LogP contribution < -0.4 is 0 Å². The molecule has 1 aliphatic rings. The van der Waals surface area contributed by atoms with Crippen molar-refractivity contribution < 1.29 is 20.1 Å². The van der Waals surface area contributed by atoms with E-state index in [9.17, 15) is 15.3 Å². The highest BCUT2D eigenvalue weighted by atomic mass is 32.2. The van der Waals surface area contributed by atoms with Crippen LogP contribution in [0.15, 0.2) is 48.0 Å². The first-order valence-electron chi connectivity index (χ1n) is 8.15. The predicted molar refractivity (Wildman–Crippen MR) is 94.3 cm³/mol. The van der Waals surface area contributed by atoms with E-state index in [1.807, 2.05) is 30.3 Å². The van der Waals surface area contributed by atoms with Gasteiger partial charge in [0.05, 0.1) is 12.9 Å². The summed E-state index contributed by atoms with van der Waals surface area (Å²) in [5.41, 5.74) is 2.28. The number of thioether (sulfide) groups is 1. The second-order valence-corrected chi connectivity index (χ2v) is 6.97. The normalized spacial score (nSPS) is 25.8. The van der Waals surface area contributed by atoms with Crippen molar-refractivity contribution in [3.63, 3.8) is 0 Å². The van der Waals surface area contributed by atoms with E-state index in [0.717, 1.165) is 10.8 Å². The molecule has 3 aromatic rings. The number of aliphatic hydroxyl groups is 3. The Bertz CT molecular complexity index is 891. The van der Waals surface area contributed by atoms with Crippen LogP contribution in [0.25, 0.3) is 11.2 Å². The molecule has 0 radical (unpaired) electrons. The van der Waals surface area contributed by atoms with Crippen LogP contribution in [0.2, 0.25) is 0 Å². The van der Waals surface area contributed by atoms with Gasteiger partial charge in [0.25, 0.3) is 0 Å². The molecule has 0 bridgehead atoms. The summed E-state index contributed by atoms with van der Waals surface area (Å²) in [5, 5.41) is 30.2. The number of fused-ring (bicyclic) bond motifs is 1. The van der Waals surface area contributed by atoms with E-state index in [4.69, 9.17) is 4.74 Å². The van der Waals surface area contributed by atoms with Crippen LogP contribution in [0.1, 0.15) is 11.8 Å². The Morgan fingerprint density at radius 3 is 2.62 bits per heavy atom. The molecule has 3 N–H and O–H groups in total. The van der Waals surface area contributed by atoms with Gasteiger partial charge in [0.1, 0.15) is 35.2 Å². The van der Waals surface area contributed by atoms with E-state index in [1.54, 1.807) is 16.3 Å². The van der Waals surface area contributed by atoms with Crippen LogP contribution in [0.5, 0.6) is 0 Å².